The Labute approximate surface area is 173 Å². The highest BCUT2D eigenvalue weighted by Gasteiger charge is 2.24. The molecule has 2 amide bonds. The fourth-order valence-electron chi connectivity index (χ4n) is 4.03. The highest BCUT2D eigenvalue weighted by Crippen LogP contribution is 2.24. The molecule has 156 valence electrons. The average molecular weight is 407 g/mol. The molecule has 3 aromatic rings. The van der Waals surface area contributed by atoms with Crippen molar-refractivity contribution in [1.82, 2.24) is 19.8 Å². The summed E-state index contributed by atoms with van der Waals surface area (Å²) < 4.78 is 1.85. The molecule has 8 nitrogen and oxygen atoms in total. The first-order valence-electron chi connectivity index (χ1n) is 10.1. The number of H-pyrrole nitrogens is 1. The van der Waals surface area contributed by atoms with E-state index < -0.39 is 0 Å². The minimum atomic E-state index is -0.162. The molecule has 1 aromatic heterocycles. The zero-order valence-corrected chi connectivity index (χ0v) is 16.9. The van der Waals surface area contributed by atoms with Gasteiger partial charge in [-0.25, -0.2) is 4.79 Å². The van der Waals surface area contributed by atoms with E-state index in [1.165, 1.54) is 0 Å². The number of fused-ring (bicyclic) bond motifs is 1. The monoisotopic (exact) mass is 407 g/mol. The number of carbonyl (C=O) groups is 2. The van der Waals surface area contributed by atoms with Crippen LogP contribution < -0.4 is 16.3 Å². The molecule has 0 bridgehead atoms. The molecule has 30 heavy (non-hydrogen) atoms. The summed E-state index contributed by atoms with van der Waals surface area (Å²) in [5.74, 6) is -0.254. The third-order valence-corrected chi connectivity index (χ3v) is 5.57. The summed E-state index contributed by atoms with van der Waals surface area (Å²) in [6.45, 7) is 1.80. The number of piperidine rings is 1. The molecule has 1 fully saturated rings. The lowest BCUT2D eigenvalue weighted by Crippen LogP contribution is -2.41. The van der Waals surface area contributed by atoms with E-state index in [0.717, 1.165) is 37.0 Å². The van der Waals surface area contributed by atoms with Gasteiger partial charge in [-0.1, -0.05) is 12.1 Å². The number of benzene rings is 2. The molecule has 1 aliphatic heterocycles. The quantitative estimate of drug-likeness (QED) is 0.602. The molecule has 1 saturated heterocycles. The van der Waals surface area contributed by atoms with Crippen molar-refractivity contribution in [2.24, 2.45) is 0 Å². The van der Waals surface area contributed by atoms with Gasteiger partial charge in [0.2, 0.25) is 5.91 Å². The highest BCUT2D eigenvalue weighted by molar-refractivity contribution is 5.96. The van der Waals surface area contributed by atoms with Gasteiger partial charge >= 0.3 is 5.69 Å². The first-order chi connectivity index (χ1) is 14.5. The molecule has 0 saturated carbocycles. The summed E-state index contributed by atoms with van der Waals surface area (Å²) in [7, 11) is 1.58. The molecule has 2 aromatic carbocycles. The molecule has 0 aliphatic carbocycles. The zero-order valence-electron chi connectivity index (χ0n) is 16.9. The number of aromatic amines is 1. The van der Waals surface area contributed by atoms with Gasteiger partial charge in [0, 0.05) is 37.4 Å². The van der Waals surface area contributed by atoms with Crippen LogP contribution in [0.15, 0.2) is 53.3 Å². The van der Waals surface area contributed by atoms with Crippen molar-refractivity contribution in [3.8, 4) is 0 Å². The number of para-hydroxylation sites is 2. The van der Waals surface area contributed by atoms with Gasteiger partial charge in [-0.15, -0.1) is 0 Å². The van der Waals surface area contributed by atoms with Gasteiger partial charge in [0.1, 0.15) is 0 Å². The van der Waals surface area contributed by atoms with Crippen LogP contribution in [0.5, 0.6) is 0 Å². The third-order valence-electron chi connectivity index (χ3n) is 5.57. The van der Waals surface area contributed by atoms with E-state index in [0.29, 0.717) is 17.8 Å². The van der Waals surface area contributed by atoms with Crippen molar-refractivity contribution in [2.75, 3.05) is 32.0 Å². The number of carbonyl (C=O) groups excluding carboxylic acids is 2. The Morgan fingerprint density at radius 3 is 2.47 bits per heavy atom. The zero-order chi connectivity index (χ0) is 21.1. The van der Waals surface area contributed by atoms with Gasteiger partial charge in [-0.2, -0.15) is 0 Å². The maximum absolute atomic E-state index is 12.4. The molecule has 0 radical (unpaired) electrons. The number of likely N-dealkylation sites (tertiary alicyclic amines) is 1. The maximum atomic E-state index is 12.4. The molecule has 3 N–H and O–H groups in total. The molecular formula is C22H25N5O3. The molecule has 0 atom stereocenters. The largest absolute Gasteiger partial charge is 0.355 e. The van der Waals surface area contributed by atoms with E-state index in [1.54, 1.807) is 31.3 Å². The van der Waals surface area contributed by atoms with Crippen LogP contribution in [0.1, 0.15) is 29.2 Å². The van der Waals surface area contributed by atoms with Crippen molar-refractivity contribution in [1.29, 1.82) is 0 Å². The van der Waals surface area contributed by atoms with Gasteiger partial charge in [0.05, 0.1) is 17.6 Å². The predicted octanol–water partition coefficient (Wildman–Crippen LogP) is 1.96. The first kappa shape index (κ1) is 19.9. The number of hydrogen-bond donors (Lipinski definition) is 3. The summed E-state index contributed by atoms with van der Waals surface area (Å²) in [6.07, 6.45) is 1.63. The lowest BCUT2D eigenvalue weighted by atomic mass is 10.0. The third kappa shape index (κ3) is 4.13. The normalized spacial score (nSPS) is 15.2. The topological polar surface area (TPSA) is 99.2 Å². The molecule has 8 heteroatoms. The minimum absolute atomic E-state index is 0.0763. The fraction of sp³-hybridized carbons (Fsp3) is 0.318. The Bertz CT molecular complexity index is 1110. The van der Waals surface area contributed by atoms with Crippen LogP contribution in [0, 0.1) is 0 Å². The van der Waals surface area contributed by atoms with Crippen LogP contribution in [-0.4, -0.2) is 52.9 Å². The van der Waals surface area contributed by atoms with Crippen LogP contribution >= 0.6 is 0 Å². The lowest BCUT2D eigenvalue weighted by Gasteiger charge is -2.32. The SMILES string of the molecule is CNC(=O)c1ccc(NC(=O)CN2CCC(n3c(=O)[nH]c4ccccc43)CC2)cc1. The van der Waals surface area contributed by atoms with Gasteiger partial charge in [-0.3, -0.25) is 19.1 Å². The number of amides is 2. The van der Waals surface area contributed by atoms with Crippen LogP contribution in [0.25, 0.3) is 11.0 Å². The molecule has 0 unspecified atom stereocenters. The molecule has 0 spiro atoms. The number of aromatic nitrogens is 2. The van der Waals surface area contributed by atoms with Gasteiger partial charge in [0.15, 0.2) is 0 Å². The summed E-state index contributed by atoms with van der Waals surface area (Å²) in [5, 5.41) is 5.44. The number of anilines is 1. The number of hydrogen-bond acceptors (Lipinski definition) is 4. The van der Waals surface area contributed by atoms with E-state index in [2.05, 4.69) is 20.5 Å². The maximum Gasteiger partial charge on any atom is 0.326 e. The van der Waals surface area contributed by atoms with Crippen LogP contribution in [-0.2, 0) is 4.79 Å². The second-order valence-corrected chi connectivity index (χ2v) is 7.53. The number of nitrogens with one attached hydrogen (secondary N) is 3. The lowest BCUT2D eigenvalue weighted by molar-refractivity contribution is -0.117. The van der Waals surface area contributed by atoms with Crippen molar-refractivity contribution >= 4 is 28.5 Å². The van der Waals surface area contributed by atoms with Crippen molar-refractivity contribution in [3.05, 3.63) is 64.6 Å². The number of imidazole rings is 1. The Hall–Kier alpha value is -3.39. The van der Waals surface area contributed by atoms with E-state index >= 15 is 0 Å². The molecular weight excluding hydrogens is 382 g/mol. The van der Waals surface area contributed by atoms with Crippen LogP contribution in [0.3, 0.4) is 0 Å². The molecule has 1 aliphatic rings. The van der Waals surface area contributed by atoms with Crippen LogP contribution in [0.2, 0.25) is 0 Å². The van der Waals surface area contributed by atoms with E-state index in [4.69, 9.17) is 0 Å². The standard InChI is InChI=1S/C22H25N5O3/c1-23-21(29)15-6-8-16(9-7-15)24-20(28)14-26-12-10-17(11-13-26)27-19-5-3-2-4-18(19)25-22(27)30/h2-9,17H,10-14H2,1H3,(H,23,29)(H,24,28)(H,25,30). The minimum Gasteiger partial charge on any atom is -0.355 e. The Morgan fingerprint density at radius 2 is 1.77 bits per heavy atom. The predicted molar refractivity (Wildman–Crippen MR) is 116 cm³/mol. The van der Waals surface area contributed by atoms with Gasteiger partial charge in [-0.05, 0) is 49.2 Å². The second-order valence-electron chi connectivity index (χ2n) is 7.53. The molecule has 4 rings (SSSR count). The Kier molecular flexibility index (Phi) is 5.67. The highest BCUT2D eigenvalue weighted by atomic mass is 16.2. The summed E-state index contributed by atoms with van der Waals surface area (Å²) in [4.78, 5) is 41.4. The van der Waals surface area contributed by atoms with Crippen molar-refractivity contribution in [3.63, 3.8) is 0 Å². The summed E-state index contributed by atoms with van der Waals surface area (Å²) >= 11 is 0. The number of nitrogens with zero attached hydrogens (tertiary/aromatic N) is 2. The molecule has 2 heterocycles. The van der Waals surface area contributed by atoms with Crippen molar-refractivity contribution < 1.29 is 9.59 Å². The summed E-state index contributed by atoms with van der Waals surface area (Å²) in [6, 6.07) is 14.7. The Balaban J connectivity index is 1.32. The smallest absolute Gasteiger partial charge is 0.326 e. The van der Waals surface area contributed by atoms with E-state index in [-0.39, 0.29) is 23.5 Å². The second kappa shape index (κ2) is 8.54. The van der Waals surface area contributed by atoms with Gasteiger partial charge in [0.25, 0.3) is 5.91 Å². The Morgan fingerprint density at radius 1 is 1.07 bits per heavy atom. The van der Waals surface area contributed by atoms with E-state index in [9.17, 15) is 14.4 Å². The van der Waals surface area contributed by atoms with Gasteiger partial charge < -0.3 is 15.6 Å². The first-order valence-corrected chi connectivity index (χ1v) is 10.1. The van der Waals surface area contributed by atoms with Crippen LogP contribution in [0.4, 0.5) is 5.69 Å². The van der Waals surface area contributed by atoms with Crippen molar-refractivity contribution in [2.45, 2.75) is 18.9 Å². The van der Waals surface area contributed by atoms with E-state index in [1.807, 2.05) is 28.8 Å². The fourth-order valence-corrected chi connectivity index (χ4v) is 4.03. The average Bonchev–Trinajstić information content (AvgIpc) is 3.10. The number of rotatable bonds is 5. The summed E-state index contributed by atoms with van der Waals surface area (Å²) in [5.41, 5.74) is 2.91.